The molecule has 2 fully saturated rings. The fraction of sp³-hybridized carbons (Fsp3) is 1.00. The predicted octanol–water partition coefficient (Wildman–Crippen LogP) is 0.569. The van der Waals surface area contributed by atoms with Crippen molar-refractivity contribution in [2.24, 2.45) is 0 Å². The average molecular weight is 276 g/mol. The van der Waals surface area contributed by atoms with Gasteiger partial charge in [-0.15, -0.1) is 0 Å². The monoisotopic (exact) mass is 276 g/mol. The summed E-state index contributed by atoms with van der Waals surface area (Å²) in [5.41, 5.74) is 0. The van der Waals surface area contributed by atoms with E-state index in [1.165, 1.54) is 0 Å². The summed E-state index contributed by atoms with van der Waals surface area (Å²) >= 11 is 0. The quantitative estimate of drug-likeness (QED) is 0.815. The molecule has 2 heterocycles. The summed E-state index contributed by atoms with van der Waals surface area (Å²) in [7, 11) is -1.20. The van der Waals surface area contributed by atoms with Gasteiger partial charge >= 0.3 is 0 Å². The van der Waals surface area contributed by atoms with Crippen LogP contribution in [0.25, 0.3) is 0 Å². The van der Waals surface area contributed by atoms with Gasteiger partial charge in [0, 0.05) is 25.7 Å². The van der Waals surface area contributed by atoms with E-state index in [2.05, 4.69) is 5.32 Å². The van der Waals surface area contributed by atoms with Crippen LogP contribution in [0.2, 0.25) is 0 Å². The van der Waals surface area contributed by atoms with Gasteiger partial charge in [0.2, 0.25) is 10.0 Å². The van der Waals surface area contributed by atoms with E-state index in [0.29, 0.717) is 25.7 Å². The number of ether oxygens (including phenoxy) is 1. The van der Waals surface area contributed by atoms with Crippen molar-refractivity contribution in [1.29, 1.82) is 0 Å². The summed E-state index contributed by atoms with van der Waals surface area (Å²) in [5.74, 6) is 0.164. The Labute approximate surface area is 110 Å². The summed E-state index contributed by atoms with van der Waals surface area (Å²) < 4.78 is 31.7. The maximum absolute atomic E-state index is 12.3. The molecular formula is C12H24N2O3S. The van der Waals surface area contributed by atoms with Gasteiger partial charge in [-0.1, -0.05) is 0 Å². The van der Waals surface area contributed by atoms with Gasteiger partial charge in [-0.2, -0.15) is 0 Å². The summed E-state index contributed by atoms with van der Waals surface area (Å²) in [6.07, 6.45) is 4.74. The third-order valence-electron chi connectivity index (χ3n) is 3.93. The van der Waals surface area contributed by atoms with Gasteiger partial charge in [0.15, 0.2) is 0 Å². The molecule has 0 saturated carbocycles. The lowest BCUT2D eigenvalue weighted by atomic mass is 10.1. The van der Waals surface area contributed by atoms with E-state index in [-0.39, 0.29) is 11.9 Å². The molecule has 0 bridgehead atoms. The average Bonchev–Trinajstić information content (AvgIpc) is 2.39. The zero-order chi connectivity index (χ0) is 13.0. The standard InChI is InChI=1S/C12H24N2O3S/c1-13-11-5-7-14(8-6-11)18(15,16)10-12-4-2-3-9-17-12/h11-13H,2-10H2,1H3/t12-/m0/s1. The summed E-state index contributed by atoms with van der Waals surface area (Å²) in [6.45, 7) is 1.99. The molecule has 2 aliphatic heterocycles. The molecule has 2 aliphatic rings. The lowest BCUT2D eigenvalue weighted by Crippen LogP contribution is -2.46. The molecule has 2 rings (SSSR count). The Hall–Kier alpha value is -0.170. The van der Waals surface area contributed by atoms with Crippen molar-refractivity contribution in [3.8, 4) is 0 Å². The van der Waals surface area contributed by atoms with Crippen molar-refractivity contribution in [2.45, 2.75) is 44.2 Å². The maximum Gasteiger partial charge on any atom is 0.216 e. The van der Waals surface area contributed by atoms with Gasteiger partial charge in [-0.05, 0) is 39.2 Å². The van der Waals surface area contributed by atoms with Crippen LogP contribution in [0.5, 0.6) is 0 Å². The third kappa shape index (κ3) is 3.66. The molecule has 0 spiro atoms. The highest BCUT2D eigenvalue weighted by molar-refractivity contribution is 7.89. The van der Waals surface area contributed by atoms with Crippen molar-refractivity contribution in [2.75, 3.05) is 32.5 Å². The first-order valence-electron chi connectivity index (χ1n) is 6.88. The Morgan fingerprint density at radius 2 is 1.94 bits per heavy atom. The van der Waals surface area contributed by atoms with Gasteiger partial charge in [0.25, 0.3) is 0 Å². The van der Waals surface area contributed by atoms with Crippen LogP contribution < -0.4 is 5.32 Å². The van der Waals surface area contributed by atoms with E-state index in [1.54, 1.807) is 4.31 Å². The third-order valence-corrected chi connectivity index (χ3v) is 5.87. The first-order valence-corrected chi connectivity index (χ1v) is 8.49. The van der Waals surface area contributed by atoms with Crippen molar-refractivity contribution in [1.82, 2.24) is 9.62 Å². The molecule has 18 heavy (non-hydrogen) atoms. The molecule has 2 saturated heterocycles. The van der Waals surface area contributed by atoms with Crippen LogP contribution in [0.15, 0.2) is 0 Å². The number of hydrogen-bond acceptors (Lipinski definition) is 4. The van der Waals surface area contributed by atoms with Crippen LogP contribution in [0.1, 0.15) is 32.1 Å². The topological polar surface area (TPSA) is 58.6 Å². The molecule has 0 unspecified atom stereocenters. The molecule has 1 atom stereocenters. The second-order valence-corrected chi connectivity index (χ2v) is 7.24. The fourth-order valence-corrected chi connectivity index (χ4v) is 4.41. The number of piperidine rings is 1. The van der Waals surface area contributed by atoms with Crippen molar-refractivity contribution in [3.63, 3.8) is 0 Å². The minimum atomic E-state index is -3.13. The lowest BCUT2D eigenvalue weighted by Gasteiger charge is -2.32. The van der Waals surface area contributed by atoms with Gasteiger partial charge in [0.1, 0.15) is 0 Å². The Bertz CT molecular complexity index is 344. The number of nitrogens with one attached hydrogen (secondary N) is 1. The minimum Gasteiger partial charge on any atom is -0.377 e. The molecule has 0 radical (unpaired) electrons. The minimum absolute atomic E-state index is 0.0919. The number of hydrogen-bond donors (Lipinski definition) is 1. The van der Waals surface area contributed by atoms with E-state index < -0.39 is 10.0 Å². The first kappa shape index (κ1) is 14.2. The van der Waals surface area contributed by atoms with Gasteiger partial charge in [-0.25, -0.2) is 12.7 Å². The maximum atomic E-state index is 12.3. The zero-order valence-corrected chi connectivity index (χ0v) is 11.9. The van der Waals surface area contributed by atoms with Crippen molar-refractivity contribution in [3.05, 3.63) is 0 Å². The molecule has 1 N–H and O–H groups in total. The highest BCUT2D eigenvalue weighted by atomic mass is 32.2. The molecule has 0 amide bonds. The van der Waals surface area contributed by atoms with Crippen LogP contribution in [0.4, 0.5) is 0 Å². The van der Waals surface area contributed by atoms with Crippen LogP contribution in [0, 0.1) is 0 Å². The van der Waals surface area contributed by atoms with E-state index in [4.69, 9.17) is 4.74 Å². The molecule has 0 aromatic heterocycles. The second kappa shape index (κ2) is 6.32. The molecule has 0 aromatic rings. The predicted molar refractivity (Wildman–Crippen MR) is 71.0 cm³/mol. The van der Waals surface area contributed by atoms with Crippen LogP contribution in [-0.4, -0.2) is 57.4 Å². The highest BCUT2D eigenvalue weighted by Gasteiger charge is 2.30. The van der Waals surface area contributed by atoms with Crippen LogP contribution in [-0.2, 0) is 14.8 Å². The Morgan fingerprint density at radius 1 is 1.22 bits per heavy atom. The largest absolute Gasteiger partial charge is 0.377 e. The molecule has 0 aromatic carbocycles. The number of sulfonamides is 1. The van der Waals surface area contributed by atoms with Crippen LogP contribution >= 0.6 is 0 Å². The van der Waals surface area contributed by atoms with Gasteiger partial charge in [0.05, 0.1) is 11.9 Å². The highest BCUT2D eigenvalue weighted by Crippen LogP contribution is 2.19. The molecule has 106 valence electrons. The molecule has 5 nitrogen and oxygen atoms in total. The van der Waals surface area contributed by atoms with Crippen molar-refractivity contribution >= 4 is 10.0 Å². The molecule has 6 heteroatoms. The van der Waals surface area contributed by atoms with E-state index >= 15 is 0 Å². The van der Waals surface area contributed by atoms with E-state index in [1.807, 2.05) is 7.05 Å². The lowest BCUT2D eigenvalue weighted by molar-refractivity contribution is 0.0298. The molecular weight excluding hydrogens is 252 g/mol. The first-order chi connectivity index (χ1) is 8.62. The second-order valence-electron chi connectivity index (χ2n) is 5.23. The fourth-order valence-electron chi connectivity index (χ4n) is 2.70. The summed E-state index contributed by atoms with van der Waals surface area (Å²) in [6, 6.07) is 0.461. The Balaban J connectivity index is 1.86. The van der Waals surface area contributed by atoms with Crippen molar-refractivity contribution < 1.29 is 13.2 Å². The summed E-state index contributed by atoms with van der Waals surface area (Å²) in [4.78, 5) is 0. The van der Waals surface area contributed by atoms with Gasteiger partial charge in [-0.3, -0.25) is 0 Å². The normalized spacial score (nSPS) is 28.4. The number of nitrogens with zero attached hydrogens (tertiary/aromatic N) is 1. The SMILES string of the molecule is CNC1CCN(S(=O)(=O)C[C@@H]2CCCCO2)CC1. The number of rotatable bonds is 4. The summed E-state index contributed by atoms with van der Waals surface area (Å²) in [5, 5.41) is 3.21. The van der Waals surface area contributed by atoms with Gasteiger partial charge < -0.3 is 10.1 Å². The Morgan fingerprint density at radius 3 is 2.50 bits per heavy atom. The van der Waals surface area contributed by atoms with E-state index in [0.717, 1.165) is 32.1 Å². The zero-order valence-electron chi connectivity index (χ0n) is 11.1. The molecule has 0 aliphatic carbocycles. The smallest absolute Gasteiger partial charge is 0.216 e. The Kier molecular flexibility index (Phi) is 5.00. The van der Waals surface area contributed by atoms with E-state index in [9.17, 15) is 8.42 Å². The van der Waals surface area contributed by atoms with Crippen LogP contribution in [0.3, 0.4) is 0 Å².